The minimum absolute atomic E-state index is 0.0414. The van der Waals surface area contributed by atoms with Crippen LogP contribution in [0.15, 0.2) is 42.5 Å². The van der Waals surface area contributed by atoms with Crippen LogP contribution in [0.25, 0.3) is 0 Å². The highest BCUT2D eigenvalue weighted by Gasteiger charge is 2.24. The molecule has 1 atom stereocenters. The molecule has 0 saturated carbocycles. The Hall–Kier alpha value is -2.48. The molecule has 4 N–H and O–H groups in total. The highest BCUT2D eigenvalue weighted by atomic mass is 35.5. The molecule has 28 heavy (non-hydrogen) atoms. The number of aliphatic carboxylic acids is 1. The van der Waals surface area contributed by atoms with Crippen molar-refractivity contribution in [3.63, 3.8) is 0 Å². The first-order valence-corrected chi connectivity index (χ1v) is 9.15. The molecule has 0 saturated heterocycles. The van der Waals surface area contributed by atoms with Crippen LogP contribution >= 0.6 is 34.8 Å². The van der Waals surface area contributed by atoms with Crippen LogP contribution in [0.3, 0.4) is 0 Å². The number of carbonyl (C=O) groups is 3. The summed E-state index contributed by atoms with van der Waals surface area (Å²) in [7, 11) is 0. The van der Waals surface area contributed by atoms with Gasteiger partial charge in [-0.25, -0.2) is 9.59 Å². The molecular formula is C18H16Cl3N3O4. The van der Waals surface area contributed by atoms with Gasteiger partial charge in [0.2, 0.25) is 0 Å². The number of amides is 3. The second-order valence-electron chi connectivity index (χ2n) is 5.62. The first-order chi connectivity index (χ1) is 13.3. The Balaban J connectivity index is 1.92. The van der Waals surface area contributed by atoms with Crippen molar-refractivity contribution < 1.29 is 19.5 Å². The van der Waals surface area contributed by atoms with Gasteiger partial charge in [0, 0.05) is 11.6 Å². The zero-order chi connectivity index (χ0) is 20.7. The molecule has 0 aliphatic carbocycles. The highest BCUT2D eigenvalue weighted by Crippen LogP contribution is 2.24. The van der Waals surface area contributed by atoms with Gasteiger partial charge in [0.25, 0.3) is 5.91 Å². The standard InChI is InChI=1S/C18H16Cl3N3O4/c19-11-5-2-1-4-10(11)8-22-18(28)23-9-14(17(26)27)24-16(25)15-12(20)6-3-7-13(15)21/h1-7,14H,8-9H2,(H,24,25)(H,26,27)(H2,22,23,28). The number of carboxylic acids is 1. The van der Waals surface area contributed by atoms with Gasteiger partial charge < -0.3 is 21.1 Å². The molecule has 0 aromatic heterocycles. The largest absolute Gasteiger partial charge is 0.480 e. The van der Waals surface area contributed by atoms with E-state index in [-0.39, 0.29) is 28.7 Å². The number of halogens is 3. The lowest BCUT2D eigenvalue weighted by Crippen LogP contribution is -2.50. The van der Waals surface area contributed by atoms with E-state index in [4.69, 9.17) is 34.8 Å². The second kappa shape index (κ2) is 10.2. The fraction of sp³-hybridized carbons (Fsp3) is 0.167. The van der Waals surface area contributed by atoms with E-state index in [1.807, 2.05) is 0 Å². The molecule has 2 aromatic rings. The molecule has 2 aromatic carbocycles. The SMILES string of the molecule is O=C(NCc1ccccc1Cl)NCC(NC(=O)c1c(Cl)cccc1Cl)C(=O)O. The Kier molecular flexibility index (Phi) is 7.92. The molecule has 3 amide bonds. The average Bonchev–Trinajstić information content (AvgIpc) is 2.64. The monoisotopic (exact) mass is 443 g/mol. The fourth-order valence-corrected chi connectivity index (χ4v) is 2.99. The number of rotatable bonds is 7. The van der Waals surface area contributed by atoms with Crippen LogP contribution in [-0.2, 0) is 11.3 Å². The number of carboxylic acid groups (broad SMARTS) is 1. The van der Waals surface area contributed by atoms with Crippen LogP contribution in [0.1, 0.15) is 15.9 Å². The van der Waals surface area contributed by atoms with Crippen LogP contribution < -0.4 is 16.0 Å². The fourth-order valence-electron chi connectivity index (χ4n) is 2.22. The normalized spacial score (nSPS) is 11.4. The van der Waals surface area contributed by atoms with Crippen LogP contribution in [0.4, 0.5) is 4.79 Å². The second-order valence-corrected chi connectivity index (χ2v) is 6.84. The number of carbonyl (C=O) groups excluding carboxylic acids is 2. The molecule has 0 heterocycles. The van der Waals surface area contributed by atoms with Gasteiger partial charge in [0.1, 0.15) is 6.04 Å². The minimum Gasteiger partial charge on any atom is -0.480 e. The third-order valence-corrected chi connectivity index (χ3v) is 4.66. The van der Waals surface area contributed by atoms with Gasteiger partial charge in [0.15, 0.2) is 0 Å². The third kappa shape index (κ3) is 6.02. The van der Waals surface area contributed by atoms with Gasteiger partial charge in [0.05, 0.1) is 22.2 Å². The number of hydrogen-bond donors (Lipinski definition) is 4. The smallest absolute Gasteiger partial charge is 0.328 e. The van der Waals surface area contributed by atoms with Crippen molar-refractivity contribution >= 4 is 52.7 Å². The molecule has 0 aliphatic heterocycles. The van der Waals surface area contributed by atoms with Gasteiger partial charge in [-0.3, -0.25) is 4.79 Å². The molecule has 0 aliphatic rings. The summed E-state index contributed by atoms with van der Waals surface area (Å²) in [6.45, 7) is -0.192. The summed E-state index contributed by atoms with van der Waals surface area (Å²) < 4.78 is 0. The number of nitrogens with one attached hydrogen (secondary N) is 3. The van der Waals surface area contributed by atoms with Crippen molar-refractivity contribution in [2.75, 3.05) is 6.54 Å². The zero-order valence-corrected chi connectivity index (χ0v) is 16.6. The molecule has 1 unspecified atom stereocenters. The molecule has 7 nitrogen and oxygen atoms in total. The van der Waals surface area contributed by atoms with E-state index < -0.39 is 23.9 Å². The Bertz CT molecular complexity index is 872. The highest BCUT2D eigenvalue weighted by molar-refractivity contribution is 6.39. The van der Waals surface area contributed by atoms with Crippen molar-refractivity contribution in [1.29, 1.82) is 0 Å². The first kappa shape index (κ1) is 21.8. The lowest BCUT2D eigenvalue weighted by Gasteiger charge is -2.17. The summed E-state index contributed by atoms with van der Waals surface area (Å²) >= 11 is 17.9. The van der Waals surface area contributed by atoms with Crippen LogP contribution in [0, 0.1) is 0 Å². The van der Waals surface area contributed by atoms with Crippen LogP contribution in [0.2, 0.25) is 15.1 Å². The Morgan fingerprint density at radius 1 is 0.893 bits per heavy atom. The van der Waals surface area contributed by atoms with Crippen molar-refractivity contribution in [2.45, 2.75) is 12.6 Å². The third-order valence-electron chi connectivity index (χ3n) is 3.66. The van der Waals surface area contributed by atoms with Gasteiger partial charge in [-0.2, -0.15) is 0 Å². The van der Waals surface area contributed by atoms with Crippen molar-refractivity contribution in [2.24, 2.45) is 0 Å². The maximum absolute atomic E-state index is 12.3. The Morgan fingerprint density at radius 3 is 2.11 bits per heavy atom. The summed E-state index contributed by atoms with van der Waals surface area (Å²) in [6, 6.07) is 9.44. The predicted octanol–water partition coefficient (Wildman–Crippen LogP) is 3.33. The molecule has 0 fully saturated rings. The predicted molar refractivity (Wildman–Crippen MR) is 107 cm³/mol. The van der Waals surface area contributed by atoms with E-state index in [1.165, 1.54) is 12.1 Å². The van der Waals surface area contributed by atoms with E-state index in [9.17, 15) is 19.5 Å². The number of hydrogen-bond acceptors (Lipinski definition) is 3. The lowest BCUT2D eigenvalue weighted by molar-refractivity contribution is -0.139. The lowest BCUT2D eigenvalue weighted by atomic mass is 10.2. The summed E-state index contributed by atoms with van der Waals surface area (Å²) in [5.74, 6) is -2.09. The molecular weight excluding hydrogens is 429 g/mol. The van der Waals surface area contributed by atoms with Crippen molar-refractivity contribution in [1.82, 2.24) is 16.0 Å². The van der Waals surface area contributed by atoms with Crippen molar-refractivity contribution in [3.8, 4) is 0 Å². The molecule has 10 heteroatoms. The van der Waals surface area contributed by atoms with Gasteiger partial charge >= 0.3 is 12.0 Å². The Morgan fingerprint density at radius 2 is 1.50 bits per heavy atom. The minimum atomic E-state index is -1.38. The summed E-state index contributed by atoms with van der Waals surface area (Å²) in [5.41, 5.74) is 0.663. The molecule has 0 radical (unpaired) electrons. The van der Waals surface area contributed by atoms with Crippen LogP contribution in [0.5, 0.6) is 0 Å². The molecule has 2 rings (SSSR count). The number of urea groups is 1. The average molecular weight is 445 g/mol. The van der Waals surface area contributed by atoms with Gasteiger partial charge in [-0.05, 0) is 23.8 Å². The Labute approximate surface area is 176 Å². The summed E-state index contributed by atoms with van der Waals surface area (Å²) in [5, 5.41) is 17.2. The first-order valence-electron chi connectivity index (χ1n) is 8.02. The summed E-state index contributed by atoms with van der Waals surface area (Å²) in [4.78, 5) is 35.6. The maximum atomic E-state index is 12.3. The van der Waals surface area contributed by atoms with Crippen LogP contribution in [-0.4, -0.2) is 35.6 Å². The van der Waals surface area contributed by atoms with E-state index in [0.29, 0.717) is 10.6 Å². The van der Waals surface area contributed by atoms with E-state index >= 15 is 0 Å². The zero-order valence-electron chi connectivity index (χ0n) is 14.3. The van der Waals surface area contributed by atoms with Gasteiger partial charge in [-0.15, -0.1) is 0 Å². The molecule has 148 valence electrons. The molecule has 0 bridgehead atoms. The summed E-state index contributed by atoms with van der Waals surface area (Å²) in [6.07, 6.45) is 0. The van der Waals surface area contributed by atoms with E-state index in [1.54, 1.807) is 30.3 Å². The quantitative estimate of drug-likeness (QED) is 0.525. The number of benzene rings is 2. The van der Waals surface area contributed by atoms with Gasteiger partial charge in [-0.1, -0.05) is 59.1 Å². The topological polar surface area (TPSA) is 108 Å². The van der Waals surface area contributed by atoms with E-state index in [0.717, 1.165) is 0 Å². The maximum Gasteiger partial charge on any atom is 0.328 e. The molecule has 0 spiro atoms. The van der Waals surface area contributed by atoms with E-state index in [2.05, 4.69) is 16.0 Å². The van der Waals surface area contributed by atoms with Crippen molar-refractivity contribution in [3.05, 3.63) is 68.7 Å².